The van der Waals surface area contributed by atoms with Crippen molar-refractivity contribution in [2.45, 2.75) is 96.0 Å². The van der Waals surface area contributed by atoms with Crippen LogP contribution in [-0.4, -0.2) is 91.7 Å². The number of aliphatic hydroxyl groups excluding tert-OH is 1. The third-order valence-electron chi connectivity index (χ3n) is 13.5. The summed E-state index contributed by atoms with van der Waals surface area (Å²) in [6.45, 7) is 3.44. The first-order valence-corrected chi connectivity index (χ1v) is 24.2. The number of nitrogens with one attached hydrogen (secondary N) is 5. The van der Waals surface area contributed by atoms with Crippen LogP contribution in [0.25, 0.3) is 0 Å². The molecule has 0 spiro atoms. The van der Waals surface area contributed by atoms with Crippen molar-refractivity contribution in [2.75, 3.05) is 46.5 Å². The third kappa shape index (κ3) is 10.5. The molecule has 0 fully saturated rings. The Morgan fingerprint density at radius 2 is 1.26 bits per heavy atom. The molecule has 9 rings (SSSR count). The first kappa shape index (κ1) is 49.7. The minimum atomic E-state index is -1.09. The summed E-state index contributed by atoms with van der Waals surface area (Å²) in [5.41, 5.74) is 12.1. The number of anilines is 5. The number of nitrogens with two attached hydrogens (primary N) is 1. The van der Waals surface area contributed by atoms with E-state index in [1.54, 1.807) is 41.3 Å². The number of amides is 6. The Morgan fingerprint density at radius 1 is 0.699 bits per heavy atom. The maximum Gasteiger partial charge on any atom is 0.260 e. The Labute approximate surface area is 421 Å². The Balaban J connectivity index is 0.944. The highest BCUT2D eigenvalue weighted by Gasteiger charge is 2.42. The number of hydrogen-bond acceptors (Lipinski definition) is 13. The Hall–Kier alpha value is -8.32. The number of hydrogen-bond donors (Lipinski definition) is 7. The van der Waals surface area contributed by atoms with Gasteiger partial charge in [-0.1, -0.05) is 36.4 Å². The van der Waals surface area contributed by atoms with Crippen LogP contribution in [0.1, 0.15) is 82.5 Å². The maximum absolute atomic E-state index is 14.1. The zero-order valence-corrected chi connectivity index (χ0v) is 40.9. The van der Waals surface area contributed by atoms with Crippen molar-refractivity contribution in [2.24, 2.45) is 5.73 Å². The second kappa shape index (κ2) is 21.2. The lowest BCUT2D eigenvalue weighted by atomic mass is 10.1. The van der Waals surface area contributed by atoms with Crippen LogP contribution in [0.2, 0.25) is 0 Å². The highest BCUT2D eigenvalue weighted by Crippen LogP contribution is 2.43. The number of rotatable bonds is 18. The smallest absolute Gasteiger partial charge is 0.260 e. The third-order valence-corrected chi connectivity index (χ3v) is 13.5. The van der Waals surface area contributed by atoms with Crippen molar-refractivity contribution < 1.29 is 52.8 Å². The highest BCUT2D eigenvalue weighted by atomic mass is 16.5. The fraction of sp³-hybridized carbons (Fsp3) is 0.333. The number of nitrogens with zero attached hydrogens (tertiary/aromatic N) is 2. The van der Waals surface area contributed by atoms with Gasteiger partial charge in [0.1, 0.15) is 31.5 Å². The van der Waals surface area contributed by atoms with E-state index >= 15 is 0 Å². The lowest BCUT2D eigenvalue weighted by Gasteiger charge is -2.26. The molecular weight excluding hydrogens is 937 g/mol. The number of carbonyl (C=O) groups excluding carboxylic acids is 6. The standard InChI is InChI=1S/C54H58N8O11/c1-29(57-49(64)16-10-9-15-48(55)63)50(65)58-30(2)51(66)59-35-18-31(27-72-46-24-39-37(22-44(46)70-3)53(68)61-36(26-56-39)20-33-11-5-7-13-41(33)61)17-32(19-35)28-73-47-25-40-38(23-45(47)71-4)54(69)62-42-14-8-6-12-34(42)21-43(62)52(67)60-40/h5-8,11-14,17-19,22-25,29-30,36,43,52,56,60,67H,9-10,15-16,20-21,26-28H2,1-4H3,(H2,55,63)(H,57,64)(H,58,65)(H,59,66)/t29-,30-,36-,43-,52?/m0/s1. The molecule has 4 heterocycles. The van der Waals surface area contributed by atoms with Gasteiger partial charge >= 0.3 is 0 Å². The van der Waals surface area contributed by atoms with Crippen molar-refractivity contribution in [3.05, 3.63) is 124 Å². The van der Waals surface area contributed by atoms with Gasteiger partial charge in [0.05, 0.1) is 48.8 Å². The summed E-state index contributed by atoms with van der Waals surface area (Å²) in [5, 5.41) is 26.1. The van der Waals surface area contributed by atoms with E-state index in [2.05, 4.69) is 26.6 Å². The summed E-state index contributed by atoms with van der Waals surface area (Å²) in [7, 11) is 2.96. The molecule has 4 aliphatic rings. The lowest BCUT2D eigenvalue weighted by molar-refractivity contribution is -0.130. The zero-order valence-electron chi connectivity index (χ0n) is 40.9. The molecular formula is C54H58N8O11. The van der Waals surface area contributed by atoms with Crippen molar-refractivity contribution in [1.82, 2.24) is 10.6 Å². The van der Waals surface area contributed by atoms with Gasteiger partial charge in [-0.15, -0.1) is 0 Å². The topological polar surface area (TPSA) is 252 Å². The summed E-state index contributed by atoms with van der Waals surface area (Å²) in [4.78, 5) is 82.0. The number of primary amides is 1. The Kier molecular flexibility index (Phi) is 14.4. The van der Waals surface area contributed by atoms with E-state index in [1.807, 2.05) is 59.5 Å². The van der Waals surface area contributed by atoms with Gasteiger partial charge in [0.15, 0.2) is 23.0 Å². The van der Waals surface area contributed by atoms with Gasteiger partial charge in [0, 0.05) is 48.6 Å². The van der Waals surface area contributed by atoms with Crippen LogP contribution >= 0.6 is 0 Å². The number of carbonyl (C=O) groups is 6. The average molecular weight is 995 g/mol. The molecule has 6 amide bonds. The van der Waals surface area contributed by atoms with E-state index in [4.69, 9.17) is 24.7 Å². The predicted octanol–water partition coefficient (Wildman–Crippen LogP) is 5.17. The Bertz CT molecular complexity index is 3000. The average Bonchev–Trinajstić information content (AvgIpc) is 3.90. The van der Waals surface area contributed by atoms with Crippen molar-refractivity contribution in [3.63, 3.8) is 0 Å². The van der Waals surface area contributed by atoms with Crippen LogP contribution in [0.3, 0.4) is 0 Å². The molecule has 0 saturated heterocycles. The number of ether oxygens (including phenoxy) is 4. The van der Waals surface area contributed by atoms with E-state index in [1.165, 1.54) is 28.1 Å². The molecule has 4 aliphatic heterocycles. The molecule has 0 saturated carbocycles. The summed E-state index contributed by atoms with van der Waals surface area (Å²) in [5.74, 6) is -1.18. The molecule has 5 aromatic carbocycles. The molecule has 380 valence electrons. The molecule has 0 bridgehead atoms. The van der Waals surface area contributed by atoms with E-state index in [-0.39, 0.29) is 61.3 Å². The first-order chi connectivity index (χ1) is 35.2. The van der Waals surface area contributed by atoms with Crippen LogP contribution in [0.4, 0.5) is 28.4 Å². The van der Waals surface area contributed by atoms with E-state index in [0.717, 1.165) is 28.9 Å². The van der Waals surface area contributed by atoms with Gasteiger partial charge in [0.25, 0.3) is 11.8 Å². The number of benzene rings is 5. The highest BCUT2D eigenvalue weighted by molar-refractivity contribution is 6.13. The molecule has 8 N–H and O–H groups in total. The van der Waals surface area contributed by atoms with Crippen molar-refractivity contribution in [1.29, 1.82) is 0 Å². The van der Waals surface area contributed by atoms with Gasteiger partial charge in [-0.3, -0.25) is 28.8 Å². The van der Waals surface area contributed by atoms with Crippen molar-refractivity contribution in [3.8, 4) is 23.0 Å². The Morgan fingerprint density at radius 3 is 1.90 bits per heavy atom. The van der Waals surface area contributed by atoms with Crippen LogP contribution in [0.5, 0.6) is 23.0 Å². The predicted molar refractivity (Wildman–Crippen MR) is 272 cm³/mol. The minimum absolute atomic E-state index is 0.0269. The van der Waals surface area contributed by atoms with Gasteiger partial charge < -0.3 is 66.2 Å². The molecule has 19 nitrogen and oxygen atoms in total. The number of methoxy groups -OCH3 is 2. The molecule has 5 aromatic rings. The maximum atomic E-state index is 14.1. The van der Waals surface area contributed by atoms with Gasteiger partial charge in [-0.25, -0.2) is 0 Å². The van der Waals surface area contributed by atoms with Gasteiger partial charge in [0.2, 0.25) is 23.6 Å². The molecule has 0 aliphatic carbocycles. The van der Waals surface area contributed by atoms with E-state index in [9.17, 15) is 33.9 Å². The van der Waals surface area contributed by atoms with Gasteiger partial charge in [-0.05, 0) is 104 Å². The van der Waals surface area contributed by atoms with E-state index in [0.29, 0.717) is 76.6 Å². The summed E-state index contributed by atoms with van der Waals surface area (Å²) in [6.07, 6.45) is 1.23. The molecule has 0 aromatic heterocycles. The van der Waals surface area contributed by atoms with Crippen LogP contribution in [-0.2, 0) is 45.2 Å². The molecule has 73 heavy (non-hydrogen) atoms. The van der Waals surface area contributed by atoms with Crippen LogP contribution in [0.15, 0.2) is 91.0 Å². The zero-order chi connectivity index (χ0) is 51.5. The monoisotopic (exact) mass is 994 g/mol. The molecule has 19 heteroatoms. The number of fused-ring (bicyclic) bond motifs is 8. The first-order valence-electron chi connectivity index (χ1n) is 24.2. The molecule has 0 radical (unpaired) electrons. The SMILES string of the molecule is COc1cc2c(cc1OCc1cc(COc3cc4c(cc3OC)C(=O)N3c5ccccc5C[C@H]3C(O)N4)cc(NC(=O)[C@H](C)NC(=O)[C@H](C)NC(=O)CCCCC(N)=O)c1)NC[C@@H]1Cc3ccccc3N1C2=O. The molecule has 1 unspecified atom stereocenters. The lowest BCUT2D eigenvalue weighted by Crippen LogP contribution is -2.50. The number of aliphatic hydroxyl groups is 1. The fourth-order valence-corrected chi connectivity index (χ4v) is 9.79. The number of unbranched alkanes of at least 4 members (excludes halogenated alkanes) is 1. The molecule has 5 atom stereocenters. The van der Waals surface area contributed by atoms with Crippen LogP contribution < -0.4 is 61.1 Å². The van der Waals surface area contributed by atoms with E-state index < -0.39 is 42.1 Å². The second-order valence-corrected chi connectivity index (χ2v) is 18.6. The van der Waals surface area contributed by atoms with Crippen molar-refractivity contribution >= 4 is 63.9 Å². The quantitative estimate of drug-likeness (QED) is 0.0561. The summed E-state index contributed by atoms with van der Waals surface area (Å²) in [6, 6.07) is 24.7. The van der Waals surface area contributed by atoms with Crippen LogP contribution in [0, 0.1) is 0 Å². The second-order valence-electron chi connectivity index (χ2n) is 18.6. The summed E-state index contributed by atoms with van der Waals surface area (Å²) >= 11 is 0. The number of para-hydroxylation sites is 2. The largest absolute Gasteiger partial charge is 0.493 e. The van der Waals surface area contributed by atoms with Gasteiger partial charge in [-0.2, -0.15) is 0 Å². The summed E-state index contributed by atoms with van der Waals surface area (Å²) < 4.78 is 24.3. The normalized spacial score (nSPS) is 17.8. The minimum Gasteiger partial charge on any atom is -0.493 e. The fourth-order valence-electron chi connectivity index (χ4n) is 9.79.